The van der Waals surface area contributed by atoms with Gasteiger partial charge in [-0.3, -0.25) is 9.59 Å². The molecule has 0 unspecified atom stereocenters. The van der Waals surface area contributed by atoms with Crippen LogP contribution in [0.4, 0.5) is 5.69 Å². The SMILES string of the molecule is CC1CC[NH+](CCC2CC[NH+]([C@H]3CC(=O)N(c4ccc(Cl)cc4)C3=O)CC2)CC1. The molecule has 4 rings (SSSR count). The number of amides is 2. The zero-order chi connectivity index (χ0) is 20.4. The lowest BCUT2D eigenvalue weighted by Gasteiger charge is -2.33. The summed E-state index contributed by atoms with van der Waals surface area (Å²) in [5.74, 6) is 1.56. The van der Waals surface area contributed by atoms with Gasteiger partial charge in [-0.1, -0.05) is 18.5 Å². The molecule has 0 radical (unpaired) electrons. The van der Waals surface area contributed by atoms with Gasteiger partial charge in [-0.25, -0.2) is 4.90 Å². The number of hydrogen-bond donors (Lipinski definition) is 2. The summed E-state index contributed by atoms with van der Waals surface area (Å²) in [6.45, 7) is 8.37. The fourth-order valence-electron chi connectivity index (χ4n) is 5.33. The van der Waals surface area contributed by atoms with Crippen molar-refractivity contribution in [3.8, 4) is 0 Å². The molecule has 0 aliphatic carbocycles. The largest absolute Gasteiger partial charge is 0.335 e. The number of hydrogen-bond acceptors (Lipinski definition) is 2. The van der Waals surface area contributed by atoms with E-state index in [1.807, 2.05) is 0 Å². The number of halogens is 1. The molecule has 6 heteroatoms. The molecule has 5 nitrogen and oxygen atoms in total. The van der Waals surface area contributed by atoms with Crippen molar-refractivity contribution in [1.29, 1.82) is 0 Å². The third kappa shape index (κ3) is 4.84. The van der Waals surface area contributed by atoms with Gasteiger partial charge in [0.2, 0.25) is 5.91 Å². The number of nitrogens with zero attached hydrogens (tertiary/aromatic N) is 1. The number of carbonyl (C=O) groups excluding carboxylic acids is 2. The van der Waals surface area contributed by atoms with Crippen LogP contribution in [-0.2, 0) is 9.59 Å². The van der Waals surface area contributed by atoms with Crippen LogP contribution in [0.15, 0.2) is 24.3 Å². The van der Waals surface area contributed by atoms with Gasteiger partial charge >= 0.3 is 0 Å². The summed E-state index contributed by atoms with van der Waals surface area (Å²) in [7, 11) is 0. The predicted octanol–water partition coefficient (Wildman–Crippen LogP) is 0.972. The van der Waals surface area contributed by atoms with Crippen LogP contribution in [0.5, 0.6) is 0 Å². The first-order valence-electron chi connectivity index (χ1n) is 11.3. The molecule has 3 aliphatic heterocycles. The highest BCUT2D eigenvalue weighted by atomic mass is 35.5. The predicted molar refractivity (Wildman–Crippen MR) is 114 cm³/mol. The van der Waals surface area contributed by atoms with Crippen LogP contribution >= 0.6 is 11.6 Å². The van der Waals surface area contributed by atoms with Crippen molar-refractivity contribution in [2.75, 3.05) is 37.6 Å². The first kappa shape index (κ1) is 20.8. The van der Waals surface area contributed by atoms with Crippen molar-refractivity contribution >= 4 is 29.1 Å². The Balaban J connectivity index is 1.27. The molecule has 0 saturated carbocycles. The second kappa shape index (κ2) is 9.15. The number of nitrogens with one attached hydrogen (secondary N) is 2. The zero-order valence-corrected chi connectivity index (χ0v) is 18.2. The van der Waals surface area contributed by atoms with E-state index in [4.69, 9.17) is 11.6 Å². The third-order valence-corrected chi connectivity index (χ3v) is 7.61. The molecule has 3 saturated heterocycles. The third-order valence-electron chi connectivity index (χ3n) is 7.36. The minimum atomic E-state index is -0.215. The lowest BCUT2D eigenvalue weighted by Crippen LogP contribution is -3.17. The Hall–Kier alpha value is -1.43. The van der Waals surface area contributed by atoms with Crippen LogP contribution in [-0.4, -0.2) is 50.6 Å². The van der Waals surface area contributed by atoms with Gasteiger partial charge < -0.3 is 9.80 Å². The number of anilines is 1. The quantitative estimate of drug-likeness (QED) is 0.699. The summed E-state index contributed by atoms with van der Waals surface area (Å²) >= 11 is 5.94. The summed E-state index contributed by atoms with van der Waals surface area (Å²) in [5, 5.41) is 0.609. The van der Waals surface area contributed by atoms with Crippen molar-refractivity contribution in [1.82, 2.24) is 0 Å². The fourth-order valence-corrected chi connectivity index (χ4v) is 5.45. The topological polar surface area (TPSA) is 46.3 Å². The highest BCUT2D eigenvalue weighted by Crippen LogP contribution is 2.24. The van der Waals surface area contributed by atoms with E-state index < -0.39 is 0 Å². The number of likely N-dealkylation sites (tertiary alicyclic amines) is 2. The molecule has 2 N–H and O–H groups in total. The smallest absolute Gasteiger partial charge is 0.292 e. The van der Waals surface area contributed by atoms with E-state index in [2.05, 4.69) is 6.92 Å². The van der Waals surface area contributed by atoms with E-state index in [1.54, 1.807) is 29.2 Å². The standard InChI is InChI=1S/C23H32ClN3O2/c1-17-6-11-25(12-7-17)13-8-18-9-14-26(15-10-18)21-16-22(28)27(23(21)29)20-4-2-19(24)3-5-20/h2-5,17-18,21H,6-16H2,1H3/p+2/t21-/m0/s1. The maximum Gasteiger partial charge on any atom is 0.292 e. The van der Waals surface area contributed by atoms with Crippen LogP contribution in [0.25, 0.3) is 0 Å². The molecule has 158 valence electrons. The summed E-state index contributed by atoms with van der Waals surface area (Å²) in [6, 6.07) is 6.76. The zero-order valence-electron chi connectivity index (χ0n) is 17.5. The van der Waals surface area contributed by atoms with Crippen LogP contribution in [0.1, 0.15) is 45.4 Å². The molecule has 3 heterocycles. The van der Waals surface area contributed by atoms with Crippen LogP contribution in [0.3, 0.4) is 0 Å². The molecule has 3 fully saturated rings. The van der Waals surface area contributed by atoms with Gasteiger partial charge in [-0.05, 0) is 68.2 Å². The Morgan fingerprint density at radius 3 is 2.31 bits per heavy atom. The van der Waals surface area contributed by atoms with E-state index >= 15 is 0 Å². The van der Waals surface area contributed by atoms with Gasteiger partial charge in [-0.15, -0.1) is 0 Å². The molecular weight excluding hydrogens is 386 g/mol. The van der Waals surface area contributed by atoms with Crippen molar-refractivity contribution in [3.63, 3.8) is 0 Å². The summed E-state index contributed by atoms with van der Waals surface area (Å²) in [6.07, 6.45) is 6.75. The minimum Gasteiger partial charge on any atom is -0.335 e. The summed E-state index contributed by atoms with van der Waals surface area (Å²) < 4.78 is 0. The molecule has 1 aromatic rings. The lowest BCUT2D eigenvalue weighted by molar-refractivity contribution is -0.922. The van der Waals surface area contributed by atoms with Crippen molar-refractivity contribution in [2.45, 2.75) is 51.5 Å². The number of rotatable bonds is 5. The van der Waals surface area contributed by atoms with Crippen LogP contribution in [0.2, 0.25) is 5.02 Å². The van der Waals surface area contributed by atoms with E-state index in [0.717, 1.165) is 24.9 Å². The molecule has 0 bridgehead atoms. The van der Waals surface area contributed by atoms with Crippen molar-refractivity contribution in [2.24, 2.45) is 11.8 Å². The van der Waals surface area contributed by atoms with Crippen molar-refractivity contribution in [3.05, 3.63) is 29.3 Å². The molecule has 3 aliphatic rings. The van der Waals surface area contributed by atoms with Crippen LogP contribution in [0, 0.1) is 11.8 Å². The monoisotopic (exact) mass is 419 g/mol. The maximum absolute atomic E-state index is 13.0. The molecule has 29 heavy (non-hydrogen) atoms. The maximum atomic E-state index is 13.0. The van der Waals surface area contributed by atoms with E-state index in [1.165, 1.54) is 61.5 Å². The molecule has 0 spiro atoms. The Morgan fingerprint density at radius 1 is 1.00 bits per heavy atom. The molecule has 1 atom stereocenters. The van der Waals surface area contributed by atoms with Gasteiger partial charge in [0.15, 0.2) is 6.04 Å². The highest BCUT2D eigenvalue weighted by molar-refractivity contribution is 6.30. The Labute approximate surface area is 179 Å². The van der Waals surface area contributed by atoms with E-state index in [-0.39, 0.29) is 17.9 Å². The van der Waals surface area contributed by atoms with Gasteiger partial charge in [0.1, 0.15) is 0 Å². The summed E-state index contributed by atoms with van der Waals surface area (Å²) in [4.78, 5) is 30.0. The number of carbonyl (C=O) groups is 2. The number of piperidine rings is 2. The molecular formula is C23H34ClN3O2+2. The first-order chi connectivity index (χ1) is 14.0. The lowest BCUT2D eigenvalue weighted by atomic mass is 9.91. The average Bonchev–Trinajstić information content (AvgIpc) is 3.03. The van der Waals surface area contributed by atoms with Crippen LogP contribution < -0.4 is 14.7 Å². The van der Waals surface area contributed by atoms with Gasteiger partial charge in [0, 0.05) is 5.02 Å². The van der Waals surface area contributed by atoms with Crippen molar-refractivity contribution < 1.29 is 19.4 Å². The Bertz CT molecular complexity index is 722. The summed E-state index contributed by atoms with van der Waals surface area (Å²) in [5.41, 5.74) is 0.639. The van der Waals surface area contributed by atoms with E-state index in [0.29, 0.717) is 17.1 Å². The second-order valence-corrected chi connectivity index (χ2v) is 9.81. The Kier molecular flexibility index (Phi) is 6.57. The normalized spacial score (nSPS) is 33.3. The molecule has 1 aromatic carbocycles. The van der Waals surface area contributed by atoms with Gasteiger partial charge in [0.05, 0.1) is 44.8 Å². The minimum absolute atomic E-state index is 0.0438. The molecule has 2 amide bonds. The number of quaternary nitrogens is 2. The van der Waals surface area contributed by atoms with Gasteiger partial charge in [-0.2, -0.15) is 0 Å². The Morgan fingerprint density at radius 2 is 1.66 bits per heavy atom. The average molecular weight is 420 g/mol. The first-order valence-corrected chi connectivity index (χ1v) is 11.7. The fraction of sp³-hybridized carbons (Fsp3) is 0.652. The number of benzene rings is 1. The van der Waals surface area contributed by atoms with E-state index in [9.17, 15) is 9.59 Å². The number of imide groups is 1. The highest BCUT2D eigenvalue weighted by Gasteiger charge is 2.46. The molecule has 0 aromatic heterocycles. The second-order valence-electron chi connectivity index (χ2n) is 9.37. The van der Waals surface area contributed by atoms with Gasteiger partial charge in [0.25, 0.3) is 5.91 Å².